The second-order valence-electron chi connectivity index (χ2n) is 3.91. The summed E-state index contributed by atoms with van der Waals surface area (Å²) in [6.45, 7) is 0. The topological polar surface area (TPSA) is 72.2 Å². The molecule has 0 atom stereocenters. The summed E-state index contributed by atoms with van der Waals surface area (Å²) in [5, 5.41) is 0.672. The van der Waals surface area contributed by atoms with Crippen LogP contribution in [0.3, 0.4) is 0 Å². The van der Waals surface area contributed by atoms with Crippen molar-refractivity contribution in [3.63, 3.8) is 0 Å². The van der Waals surface area contributed by atoms with E-state index in [0.717, 1.165) is 0 Å². The van der Waals surface area contributed by atoms with Gasteiger partial charge in [0, 0.05) is 10.0 Å². The Morgan fingerprint density at radius 1 is 0.950 bits per heavy atom. The van der Waals surface area contributed by atoms with Crippen LogP contribution in [-0.4, -0.2) is 8.42 Å². The molecule has 0 aromatic heterocycles. The molecule has 2 aromatic rings. The molecule has 2 aromatic carbocycles. The van der Waals surface area contributed by atoms with Crippen LogP contribution >= 0.6 is 34.8 Å². The van der Waals surface area contributed by atoms with E-state index < -0.39 is 10.0 Å². The summed E-state index contributed by atoms with van der Waals surface area (Å²) in [6.07, 6.45) is 0. The number of rotatable bonds is 3. The number of halogens is 3. The van der Waals surface area contributed by atoms with Gasteiger partial charge >= 0.3 is 0 Å². The van der Waals surface area contributed by atoms with Crippen molar-refractivity contribution in [3.8, 4) is 0 Å². The first-order valence-corrected chi connectivity index (χ1v) is 7.94. The third-order valence-corrected chi connectivity index (χ3v) is 4.76. The van der Waals surface area contributed by atoms with Gasteiger partial charge < -0.3 is 5.73 Å². The van der Waals surface area contributed by atoms with Gasteiger partial charge in [0.15, 0.2) is 0 Å². The first kappa shape index (κ1) is 15.3. The molecule has 0 aliphatic rings. The molecule has 0 saturated carbocycles. The van der Waals surface area contributed by atoms with E-state index in [-0.39, 0.29) is 26.3 Å². The largest absolute Gasteiger partial charge is 0.397 e. The number of hydrogen-bond donors (Lipinski definition) is 2. The summed E-state index contributed by atoms with van der Waals surface area (Å²) < 4.78 is 26.9. The van der Waals surface area contributed by atoms with Crippen LogP contribution in [0.5, 0.6) is 0 Å². The molecule has 2 rings (SSSR count). The van der Waals surface area contributed by atoms with Crippen molar-refractivity contribution in [1.82, 2.24) is 0 Å². The summed E-state index contributed by atoms with van der Waals surface area (Å²) in [5.74, 6) is 0. The molecule has 0 spiro atoms. The minimum Gasteiger partial charge on any atom is -0.397 e. The highest BCUT2D eigenvalue weighted by molar-refractivity contribution is 7.92. The van der Waals surface area contributed by atoms with Gasteiger partial charge in [0.1, 0.15) is 4.90 Å². The number of nitrogen functional groups attached to an aromatic ring is 1. The lowest BCUT2D eigenvalue weighted by atomic mass is 10.3. The highest BCUT2D eigenvalue weighted by Crippen LogP contribution is 2.29. The molecule has 8 heteroatoms. The Hall–Kier alpha value is -1.14. The lowest BCUT2D eigenvalue weighted by Crippen LogP contribution is -2.14. The lowest BCUT2D eigenvalue weighted by Gasteiger charge is -2.12. The van der Waals surface area contributed by atoms with Gasteiger partial charge in [-0.25, -0.2) is 8.42 Å². The third-order valence-electron chi connectivity index (χ3n) is 2.44. The molecular weight excluding hydrogens is 343 g/mol. The Bertz CT molecular complexity index is 763. The standard InChI is InChI=1S/C12H9Cl3N2O2S/c13-7-2-4-10(16)11(5-7)17-20(18,19)12-6-8(14)1-3-9(12)15/h1-6,17H,16H2. The maximum Gasteiger partial charge on any atom is 0.263 e. The number of anilines is 2. The van der Waals surface area contributed by atoms with Crippen LogP contribution in [-0.2, 0) is 10.0 Å². The van der Waals surface area contributed by atoms with E-state index in [2.05, 4.69) is 4.72 Å². The van der Waals surface area contributed by atoms with Crippen LogP contribution in [0.25, 0.3) is 0 Å². The Labute approximate surface area is 131 Å². The molecule has 0 fully saturated rings. The zero-order valence-electron chi connectivity index (χ0n) is 9.90. The molecule has 0 unspecified atom stereocenters. The Morgan fingerprint density at radius 2 is 1.55 bits per heavy atom. The monoisotopic (exact) mass is 350 g/mol. The summed E-state index contributed by atoms with van der Waals surface area (Å²) in [5.41, 5.74) is 6.12. The normalized spacial score (nSPS) is 11.3. The lowest BCUT2D eigenvalue weighted by molar-refractivity contribution is 0.601. The van der Waals surface area contributed by atoms with Crippen molar-refractivity contribution in [2.24, 2.45) is 0 Å². The number of benzene rings is 2. The maximum absolute atomic E-state index is 12.3. The summed E-state index contributed by atoms with van der Waals surface area (Å²) in [4.78, 5) is -0.133. The first-order chi connectivity index (χ1) is 9.29. The number of nitrogens with two attached hydrogens (primary N) is 1. The zero-order valence-corrected chi connectivity index (χ0v) is 13.0. The summed E-state index contributed by atoms with van der Waals surface area (Å²) in [7, 11) is -3.91. The highest BCUT2D eigenvalue weighted by atomic mass is 35.5. The van der Waals surface area contributed by atoms with E-state index in [1.807, 2.05) is 0 Å². The van der Waals surface area contributed by atoms with Crippen molar-refractivity contribution >= 4 is 56.2 Å². The minimum atomic E-state index is -3.91. The molecule has 4 nitrogen and oxygen atoms in total. The molecular formula is C12H9Cl3N2O2S. The summed E-state index contributed by atoms with van der Waals surface area (Å²) >= 11 is 17.5. The predicted octanol–water partition coefficient (Wildman–Crippen LogP) is 4.03. The quantitative estimate of drug-likeness (QED) is 0.820. The fourth-order valence-corrected chi connectivity index (χ4v) is 3.51. The van der Waals surface area contributed by atoms with Crippen molar-refractivity contribution in [2.75, 3.05) is 10.5 Å². The van der Waals surface area contributed by atoms with Gasteiger partial charge in [0.2, 0.25) is 0 Å². The molecule has 0 aliphatic carbocycles. The predicted molar refractivity (Wildman–Crippen MR) is 83.1 cm³/mol. The maximum atomic E-state index is 12.3. The van der Waals surface area contributed by atoms with Crippen molar-refractivity contribution in [3.05, 3.63) is 51.5 Å². The minimum absolute atomic E-state index is 0.0579. The molecule has 20 heavy (non-hydrogen) atoms. The van der Waals surface area contributed by atoms with Gasteiger partial charge in [0.05, 0.1) is 16.4 Å². The van der Waals surface area contributed by atoms with E-state index in [1.165, 1.54) is 30.3 Å². The highest BCUT2D eigenvalue weighted by Gasteiger charge is 2.19. The van der Waals surface area contributed by atoms with Gasteiger partial charge in [-0.15, -0.1) is 0 Å². The van der Waals surface area contributed by atoms with Crippen LogP contribution in [0.4, 0.5) is 11.4 Å². The molecule has 3 N–H and O–H groups in total. The zero-order chi connectivity index (χ0) is 14.9. The van der Waals surface area contributed by atoms with Crippen molar-refractivity contribution in [2.45, 2.75) is 4.90 Å². The van der Waals surface area contributed by atoms with Gasteiger partial charge in [-0.05, 0) is 36.4 Å². The molecule has 0 amide bonds. The van der Waals surface area contributed by atoms with E-state index in [9.17, 15) is 8.42 Å². The second-order valence-corrected chi connectivity index (χ2v) is 6.84. The number of sulfonamides is 1. The van der Waals surface area contributed by atoms with E-state index in [4.69, 9.17) is 40.5 Å². The van der Waals surface area contributed by atoms with Gasteiger partial charge in [0.25, 0.3) is 10.0 Å². The molecule has 0 radical (unpaired) electrons. The van der Waals surface area contributed by atoms with Gasteiger partial charge in [-0.3, -0.25) is 4.72 Å². The van der Waals surface area contributed by atoms with Gasteiger partial charge in [-0.2, -0.15) is 0 Å². The SMILES string of the molecule is Nc1ccc(Cl)cc1NS(=O)(=O)c1cc(Cl)ccc1Cl. The van der Waals surface area contributed by atoms with Crippen LogP contribution in [0, 0.1) is 0 Å². The number of hydrogen-bond acceptors (Lipinski definition) is 3. The van der Waals surface area contributed by atoms with E-state index >= 15 is 0 Å². The smallest absolute Gasteiger partial charge is 0.263 e. The van der Waals surface area contributed by atoms with E-state index in [1.54, 1.807) is 6.07 Å². The Morgan fingerprint density at radius 3 is 2.25 bits per heavy atom. The Balaban J connectivity index is 2.46. The fraction of sp³-hybridized carbons (Fsp3) is 0. The van der Waals surface area contributed by atoms with Crippen LogP contribution in [0.2, 0.25) is 15.1 Å². The van der Waals surface area contributed by atoms with Crippen LogP contribution in [0.1, 0.15) is 0 Å². The van der Waals surface area contributed by atoms with Crippen LogP contribution in [0.15, 0.2) is 41.3 Å². The van der Waals surface area contributed by atoms with Gasteiger partial charge in [-0.1, -0.05) is 34.8 Å². The van der Waals surface area contributed by atoms with Crippen molar-refractivity contribution < 1.29 is 8.42 Å². The number of nitrogens with one attached hydrogen (secondary N) is 1. The molecule has 0 heterocycles. The third kappa shape index (κ3) is 3.30. The van der Waals surface area contributed by atoms with Crippen LogP contribution < -0.4 is 10.5 Å². The Kier molecular flexibility index (Phi) is 4.34. The fourth-order valence-electron chi connectivity index (χ4n) is 1.50. The molecule has 106 valence electrons. The summed E-state index contributed by atoms with van der Waals surface area (Å²) in [6, 6.07) is 8.62. The van der Waals surface area contributed by atoms with E-state index in [0.29, 0.717) is 5.02 Å². The second kappa shape index (κ2) is 5.69. The van der Waals surface area contributed by atoms with Crippen molar-refractivity contribution in [1.29, 1.82) is 0 Å². The average Bonchev–Trinajstić information content (AvgIpc) is 2.36. The first-order valence-electron chi connectivity index (χ1n) is 5.32. The molecule has 0 bridgehead atoms. The average molecular weight is 352 g/mol. The molecule has 0 aliphatic heterocycles. The molecule has 0 saturated heterocycles.